The van der Waals surface area contributed by atoms with Crippen LogP contribution < -0.4 is 21.9 Å². The lowest BCUT2D eigenvalue weighted by Gasteiger charge is -2.16. The van der Waals surface area contributed by atoms with Crippen LogP contribution in [0.5, 0.6) is 0 Å². The quantitative estimate of drug-likeness (QED) is 0.0586. The van der Waals surface area contributed by atoms with Gasteiger partial charge in [-0.25, -0.2) is 9.59 Å². The lowest BCUT2D eigenvalue weighted by molar-refractivity contribution is 0.500. The molecular formula is C60H68N2O4. The Morgan fingerprint density at radius 1 is 0.591 bits per heavy atom. The lowest BCUT2D eigenvalue weighted by atomic mass is 9.89. The average molecular weight is 881 g/mol. The first-order chi connectivity index (χ1) is 32.2. The first-order valence-electron chi connectivity index (χ1n) is 24.0. The van der Waals surface area contributed by atoms with Crippen molar-refractivity contribution in [1.82, 2.24) is 10.6 Å². The number of unbranched alkanes of at least 4 members (excludes halogenated alkanes) is 6. The fourth-order valence-electron chi connectivity index (χ4n) is 8.67. The Bertz CT molecular complexity index is 2780. The Morgan fingerprint density at radius 3 is 1.68 bits per heavy atom. The minimum absolute atomic E-state index is 0.320. The molecule has 0 unspecified atom stereocenters. The molecule has 7 aromatic rings. The molecule has 2 N–H and O–H groups in total. The fraction of sp³-hybridized carbons (Fsp3) is 0.300. The van der Waals surface area contributed by atoms with Gasteiger partial charge in [-0.2, -0.15) is 0 Å². The molecule has 6 nitrogen and oxygen atoms in total. The Labute approximate surface area is 392 Å². The van der Waals surface area contributed by atoms with E-state index in [4.69, 9.17) is 8.83 Å². The summed E-state index contributed by atoms with van der Waals surface area (Å²) in [7, 11) is 0. The molecular weight excluding hydrogens is 813 g/mol. The van der Waals surface area contributed by atoms with Gasteiger partial charge in [-0.1, -0.05) is 174 Å². The number of hydrogen-bond donors (Lipinski definition) is 2. The van der Waals surface area contributed by atoms with Crippen LogP contribution in [0, 0.1) is 13.8 Å². The van der Waals surface area contributed by atoms with Crippen LogP contribution in [0.1, 0.15) is 118 Å². The highest BCUT2D eigenvalue weighted by atomic mass is 16.4. The second-order valence-corrected chi connectivity index (χ2v) is 17.2. The molecule has 7 rings (SSSR count). The molecule has 2 heterocycles. The van der Waals surface area contributed by atoms with Crippen molar-refractivity contribution in [3.8, 4) is 33.4 Å². The molecule has 0 atom stereocenters. The van der Waals surface area contributed by atoms with Gasteiger partial charge in [0.05, 0.1) is 0 Å². The number of nitrogens with one attached hydrogen (secondary N) is 2. The topological polar surface area (TPSA) is 84.5 Å². The number of fused-ring (bicyclic) bond motifs is 1. The van der Waals surface area contributed by atoms with Gasteiger partial charge in [0.1, 0.15) is 11.3 Å². The fourth-order valence-corrected chi connectivity index (χ4v) is 8.67. The molecule has 0 bridgehead atoms. The summed E-state index contributed by atoms with van der Waals surface area (Å²) in [5.74, 6) is 0.585. The number of hydrogen-bond acceptors (Lipinski definition) is 6. The Morgan fingerprint density at radius 2 is 1.12 bits per heavy atom. The second-order valence-electron chi connectivity index (χ2n) is 17.2. The lowest BCUT2D eigenvalue weighted by Crippen LogP contribution is -2.14. The van der Waals surface area contributed by atoms with E-state index < -0.39 is 0 Å². The van der Waals surface area contributed by atoms with Crippen LogP contribution in [0.25, 0.3) is 62.1 Å². The largest absolute Gasteiger partial charge is 0.423 e. The summed E-state index contributed by atoms with van der Waals surface area (Å²) in [5, 5.41) is 8.09. The van der Waals surface area contributed by atoms with E-state index >= 15 is 0 Å². The molecule has 0 aliphatic rings. The van der Waals surface area contributed by atoms with Crippen molar-refractivity contribution in [2.45, 2.75) is 106 Å². The summed E-state index contributed by atoms with van der Waals surface area (Å²) in [6, 6.07) is 42.7. The molecule has 5 aromatic carbocycles. The summed E-state index contributed by atoms with van der Waals surface area (Å²) in [6.07, 6.45) is 16.1. The predicted octanol–water partition coefficient (Wildman–Crippen LogP) is 15.0. The second kappa shape index (κ2) is 25.4. The van der Waals surface area contributed by atoms with Crippen LogP contribution in [-0.2, 0) is 13.1 Å². The van der Waals surface area contributed by atoms with Crippen molar-refractivity contribution < 1.29 is 8.83 Å². The van der Waals surface area contributed by atoms with Gasteiger partial charge >= 0.3 is 11.3 Å². The van der Waals surface area contributed by atoms with E-state index in [0.29, 0.717) is 11.3 Å². The zero-order chi connectivity index (χ0) is 46.7. The van der Waals surface area contributed by atoms with Crippen molar-refractivity contribution >= 4 is 28.7 Å². The molecule has 0 saturated heterocycles. The molecule has 342 valence electrons. The Kier molecular flexibility index (Phi) is 18.9. The van der Waals surface area contributed by atoms with E-state index in [0.717, 1.165) is 81.6 Å². The van der Waals surface area contributed by atoms with Gasteiger partial charge in [0.25, 0.3) is 0 Å². The first-order valence-corrected chi connectivity index (χ1v) is 24.0. The van der Waals surface area contributed by atoms with Crippen LogP contribution in [0.3, 0.4) is 0 Å². The van der Waals surface area contributed by atoms with Crippen LogP contribution in [0.15, 0.2) is 152 Å². The van der Waals surface area contributed by atoms with Gasteiger partial charge in [0.2, 0.25) is 0 Å². The highest BCUT2D eigenvalue weighted by Crippen LogP contribution is 2.38. The molecule has 0 fully saturated rings. The first kappa shape index (κ1) is 49.1. The van der Waals surface area contributed by atoms with Gasteiger partial charge in [-0.05, 0) is 121 Å². The number of rotatable bonds is 20. The van der Waals surface area contributed by atoms with Gasteiger partial charge < -0.3 is 19.5 Å². The van der Waals surface area contributed by atoms with Crippen LogP contribution in [0.2, 0.25) is 0 Å². The van der Waals surface area contributed by atoms with Crippen molar-refractivity contribution in [1.29, 1.82) is 0 Å². The van der Waals surface area contributed by atoms with E-state index in [-0.39, 0.29) is 11.3 Å². The Hall–Kier alpha value is -6.34. The van der Waals surface area contributed by atoms with Crippen molar-refractivity contribution in [3.63, 3.8) is 0 Å². The average Bonchev–Trinajstić information content (AvgIpc) is 3.32. The Balaban J connectivity index is 0.000000218. The molecule has 0 spiro atoms. The summed E-state index contributed by atoms with van der Waals surface area (Å²) in [5.41, 5.74) is 14.1. The zero-order valence-corrected chi connectivity index (χ0v) is 40.0. The molecule has 0 aliphatic heterocycles. The summed E-state index contributed by atoms with van der Waals surface area (Å²) >= 11 is 0. The predicted molar refractivity (Wildman–Crippen MR) is 280 cm³/mol. The van der Waals surface area contributed by atoms with E-state index in [2.05, 4.69) is 99.9 Å². The van der Waals surface area contributed by atoms with Crippen LogP contribution in [0.4, 0.5) is 0 Å². The maximum atomic E-state index is 12.3. The molecule has 2 aromatic heterocycles. The van der Waals surface area contributed by atoms with E-state index in [1.165, 1.54) is 73.6 Å². The maximum Gasteiger partial charge on any atom is 0.336 e. The van der Waals surface area contributed by atoms with Gasteiger partial charge in [-0.3, -0.25) is 0 Å². The number of aryl methyl sites for hydroxylation is 2. The van der Waals surface area contributed by atoms with Crippen molar-refractivity contribution in [3.05, 3.63) is 193 Å². The molecule has 66 heavy (non-hydrogen) atoms. The number of benzene rings is 5. The third kappa shape index (κ3) is 13.6. The van der Waals surface area contributed by atoms with Crippen molar-refractivity contribution in [2.75, 3.05) is 13.1 Å². The SMILES string of the molecule is C/C=C/c1oc(=O)cc(-c2ccccc2)c1/C(C)=C/c1ccc(CNCCCCCC)cc1.CCCCCCNCc1ccc(-c2c(C)cc3oc(=O)cc(-c4ccccc4)c3c2C)cc1. The van der Waals surface area contributed by atoms with E-state index in [1.807, 2.05) is 85.8 Å². The van der Waals surface area contributed by atoms with Gasteiger partial charge in [0.15, 0.2) is 0 Å². The molecule has 0 amide bonds. The minimum Gasteiger partial charge on any atom is -0.423 e. The molecule has 0 saturated carbocycles. The highest BCUT2D eigenvalue weighted by Gasteiger charge is 2.17. The van der Waals surface area contributed by atoms with Crippen LogP contribution in [-0.4, -0.2) is 13.1 Å². The zero-order valence-electron chi connectivity index (χ0n) is 40.0. The summed E-state index contributed by atoms with van der Waals surface area (Å²) in [4.78, 5) is 24.5. The van der Waals surface area contributed by atoms with Crippen molar-refractivity contribution in [2.24, 2.45) is 0 Å². The summed E-state index contributed by atoms with van der Waals surface area (Å²) < 4.78 is 11.2. The monoisotopic (exact) mass is 881 g/mol. The third-order valence-corrected chi connectivity index (χ3v) is 12.0. The molecule has 0 aliphatic carbocycles. The van der Waals surface area contributed by atoms with Gasteiger partial charge in [0, 0.05) is 47.3 Å². The summed E-state index contributed by atoms with van der Waals surface area (Å²) in [6.45, 7) is 16.6. The smallest absolute Gasteiger partial charge is 0.336 e. The van der Waals surface area contributed by atoms with E-state index in [1.54, 1.807) is 12.1 Å². The minimum atomic E-state index is -0.343. The van der Waals surface area contributed by atoms with E-state index in [9.17, 15) is 9.59 Å². The standard InChI is InChI=1S/C30H33NO2.C30H35NO2/c1-4-5-6-10-17-31-20-23-13-15-25(16-14-23)29-21(2)18-27-30(22(29)3)26(19-28(32)33-27)24-11-8-7-9-12-24;1-4-6-7-11-19-31-22-25-17-15-24(16-18-25)20-23(3)30-27(26-13-9-8-10-14-26)21-29(32)33-28(30)12-5-2/h7-9,11-16,18-19,31H,4-6,10,17,20H2,1-3H3;5,8-10,12-18,20-21,31H,4,6-7,11,19,22H2,1-3H3/b;12-5+,23-20+. The molecule has 0 radical (unpaired) electrons. The van der Waals surface area contributed by atoms with Gasteiger partial charge in [-0.15, -0.1) is 0 Å². The van der Waals surface area contributed by atoms with Crippen LogP contribution >= 0.6 is 0 Å². The normalized spacial score (nSPS) is 11.6. The third-order valence-electron chi connectivity index (χ3n) is 12.0. The maximum absolute atomic E-state index is 12.3. The highest BCUT2D eigenvalue weighted by molar-refractivity contribution is 6.00. The molecule has 6 heteroatoms. The number of allylic oxidation sites excluding steroid dienone is 2.